The number of halogens is 2. The van der Waals surface area contributed by atoms with E-state index in [0.717, 1.165) is 62.7 Å². The van der Waals surface area contributed by atoms with E-state index in [1.54, 1.807) is 0 Å². The van der Waals surface area contributed by atoms with E-state index in [0.29, 0.717) is 45.5 Å². The number of hydrogen-bond donors (Lipinski definition) is 1. The molecule has 2 bridgehead atoms. The molecule has 0 atom stereocenters. The van der Waals surface area contributed by atoms with Crippen molar-refractivity contribution in [2.24, 2.45) is 5.73 Å². The molecule has 184 valence electrons. The Labute approximate surface area is 212 Å². The fraction of sp³-hybridized carbons (Fsp3) is 0.520. The third-order valence-corrected chi connectivity index (χ3v) is 8.55. The van der Waals surface area contributed by atoms with Gasteiger partial charge in [-0.05, 0) is 63.5 Å². The zero-order valence-corrected chi connectivity index (χ0v) is 20.7. The number of primary amides is 1. The fourth-order valence-corrected chi connectivity index (χ4v) is 6.24. The average Bonchev–Trinajstić information content (AvgIpc) is 3.44. The van der Waals surface area contributed by atoms with Crippen LogP contribution < -0.4 is 5.73 Å². The van der Waals surface area contributed by atoms with Gasteiger partial charge in [0.1, 0.15) is 11.5 Å². The smallest absolute Gasteiger partial charge is 0.232 e. The summed E-state index contributed by atoms with van der Waals surface area (Å²) in [6.07, 6.45) is 7.55. The molecule has 8 nitrogen and oxygen atoms in total. The van der Waals surface area contributed by atoms with Gasteiger partial charge in [0.2, 0.25) is 11.8 Å². The van der Waals surface area contributed by atoms with Gasteiger partial charge in [-0.2, -0.15) is 4.98 Å². The standard InChI is InChI=1S/C25H26Cl2N4O4/c26-16-2-1-3-17(27)20(16)21-15(22(34-31-21)14-4-5-14)13-33-25-9-6-24(7-10-25,8-11-25)23-29-19(30-35-23)12-18(28)32/h1-3,14H,4-13H2,(H2,28,32). The minimum Gasteiger partial charge on any atom is -0.370 e. The Bertz CT molecular complexity index is 1240. The third kappa shape index (κ3) is 4.15. The number of nitrogens with zero attached hydrogens (tertiary/aromatic N) is 3. The monoisotopic (exact) mass is 516 g/mol. The number of nitrogens with two attached hydrogens (primary N) is 1. The number of fused-ring (bicyclic) bond motifs is 3. The van der Waals surface area contributed by atoms with Crippen LogP contribution in [0.3, 0.4) is 0 Å². The maximum Gasteiger partial charge on any atom is 0.232 e. The van der Waals surface area contributed by atoms with Gasteiger partial charge in [-0.3, -0.25) is 4.79 Å². The number of ether oxygens (including phenoxy) is 1. The van der Waals surface area contributed by atoms with Crippen molar-refractivity contribution < 1.29 is 18.6 Å². The number of benzene rings is 1. The molecule has 0 spiro atoms. The van der Waals surface area contributed by atoms with Crippen LogP contribution in [0, 0.1) is 0 Å². The Morgan fingerprint density at radius 3 is 2.37 bits per heavy atom. The topological polar surface area (TPSA) is 117 Å². The van der Waals surface area contributed by atoms with Gasteiger partial charge >= 0.3 is 0 Å². The highest BCUT2D eigenvalue weighted by molar-refractivity contribution is 6.39. The predicted molar refractivity (Wildman–Crippen MR) is 128 cm³/mol. The highest BCUT2D eigenvalue weighted by Gasteiger charge is 2.53. The van der Waals surface area contributed by atoms with E-state index in [1.807, 2.05) is 18.2 Å². The predicted octanol–water partition coefficient (Wildman–Crippen LogP) is 5.50. The van der Waals surface area contributed by atoms with Crippen molar-refractivity contribution in [1.82, 2.24) is 15.3 Å². The lowest BCUT2D eigenvalue weighted by Crippen LogP contribution is -2.49. The molecule has 4 aliphatic carbocycles. The molecule has 1 amide bonds. The molecule has 2 heterocycles. The van der Waals surface area contributed by atoms with Crippen molar-refractivity contribution in [2.75, 3.05) is 0 Å². The second-order valence-corrected chi connectivity index (χ2v) is 11.0. The van der Waals surface area contributed by atoms with Crippen molar-refractivity contribution in [3.8, 4) is 11.3 Å². The van der Waals surface area contributed by atoms with E-state index in [9.17, 15) is 4.79 Å². The first-order valence-corrected chi connectivity index (χ1v) is 12.8. The second kappa shape index (κ2) is 8.61. The quantitative estimate of drug-likeness (QED) is 0.419. The minimum absolute atomic E-state index is 0.00747. The van der Waals surface area contributed by atoms with Crippen molar-refractivity contribution in [3.63, 3.8) is 0 Å². The molecule has 4 saturated carbocycles. The summed E-state index contributed by atoms with van der Waals surface area (Å²) < 4.78 is 18.0. The maximum atomic E-state index is 11.2. The first-order chi connectivity index (χ1) is 16.9. The molecule has 0 saturated heterocycles. The first kappa shape index (κ1) is 23.0. The van der Waals surface area contributed by atoms with Crippen molar-refractivity contribution in [3.05, 3.63) is 51.3 Å². The number of hydrogen-bond acceptors (Lipinski definition) is 7. The Kier molecular flexibility index (Phi) is 5.66. The van der Waals surface area contributed by atoms with E-state index >= 15 is 0 Å². The molecule has 4 fully saturated rings. The van der Waals surface area contributed by atoms with Crippen LogP contribution in [0.25, 0.3) is 11.3 Å². The number of amides is 1. The number of carbonyl (C=O) groups excluding carboxylic acids is 1. The summed E-state index contributed by atoms with van der Waals surface area (Å²) >= 11 is 13.0. The molecule has 4 aliphatic rings. The lowest BCUT2D eigenvalue weighted by Gasteiger charge is -2.51. The Morgan fingerprint density at radius 1 is 1.06 bits per heavy atom. The van der Waals surface area contributed by atoms with Crippen LogP contribution in [0.5, 0.6) is 0 Å². The zero-order valence-electron chi connectivity index (χ0n) is 19.2. The normalized spacial score (nSPS) is 25.8. The molecule has 3 aromatic rings. The van der Waals surface area contributed by atoms with E-state index in [2.05, 4.69) is 15.3 Å². The first-order valence-electron chi connectivity index (χ1n) is 12.1. The maximum absolute atomic E-state index is 11.2. The molecule has 0 unspecified atom stereocenters. The largest absolute Gasteiger partial charge is 0.370 e. The molecule has 10 heteroatoms. The van der Waals surface area contributed by atoms with E-state index < -0.39 is 5.91 Å². The lowest BCUT2D eigenvalue weighted by atomic mass is 9.58. The summed E-state index contributed by atoms with van der Waals surface area (Å²) in [7, 11) is 0. The van der Waals surface area contributed by atoms with Crippen molar-refractivity contribution >= 4 is 29.1 Å². The molecule has 1 aromatic carbocycles. The van der Waals surface area contributed by atoms with Gasteiger partial charge in [-0.15, -0.1) is 0 Å². The summed E-state index contributed by atoms with van der Waals surface area (Å²) in [5.74, 6) is 1.78. The highest BCUT2D eigenvalue weighted by Crippen LogP contribution is 2.55. The van der Waals surface area contributed by atoms with E-state index in [1.165, 1.54) is 0 Å². The van der Waals surface area contributed by atoms with E-state index in [4.69, 9.17) is 42.7 Å². The summed E-state index contributed by atoms with van der Waals surface area (Å²) in [4.78, 5) is 15.7. The molecule has 35 heavy (non-hydrogen) atoms. The molecule has 2 aromatic heterocycles. The summed E-state index contributed by atoms with van der Waals surface area (Å²) in [6, 6.07) is 5.44. The Balaban J connectivity index is 1.20. The number of carbonyl (C=O) groups is 1. The highest BCUT2D eigenvalue weighted by atomic mass is 35.5. The number of aromatic nitrogens is 3. The van der Waals surface area contributed by atoms with Gasteiger partial charge < -0.3 is 19.5 Å². The van der Waals surface area contributed by atoms with Crippen molar-refractivity contribution in [1.29, 1.82) is 0 Å². The summed E-state index contributed by atoms with van der Waals surface area (Å²) in [6.45, 7) is 0.405. The second-order valence-electron chi connectivity index (χ2n) is 10.2. The fourth-order valence-electron chi connectivity index (χ4n) is 5.66. The van der Waals surface area contributed by atoms with Gasteiger partial charge in [-0.1, -0.05) is 39.6 Å². The summed E-state index contributed by atoms with van der Waals surface area (Å²) in [5, 5.41) is 9.43. The van der Waals surface area contributed by atoms with Crippen LogP contribution >= 0.6 is 23.2 Å². The van der Waals surface area contributed by atoms with Crippen LogP contribution in [0.2, 0.25) is 10.0 Å². The van der Waals surface area contributed by atoms with Crippen LogP contribution in [-0.4, -0.2) is 26.8 Å². The average molecular weight is 517 g/mol. The number of rotatable bonds is 8. The molecule has 2 N–H and O–H groups in total. The third-order valence-electron chi connectivity index (χ3n) is 7.92. The molecular formula is C25H26Cl2N4O4. The van der Waals surface area contributed by atoms with Gasteiger partial charge in [0.25, 0.3) is 0 Å². The van der Waals surface area contributed by atoms with Crippen LogP contribution in [0.4, 0.5) is 0 Å². The SMILES string of the molecule is NC(=O)Cc1noc(C23CCC(OCc4c(-c5c(Cl)cccc5Cl)noc4C4CC4)(CC2)CC3)n1. The molecule has 7 rings (SSSR count). The van der Waals surface area contributed by atoms with Gasteiger partial charge in [-0.25, -0.2) is 0 Å². The van der Waals surface area contributed by atoms with Crippen LogP contribution in [0.15, 0.2) is 27.2 Å². The molecule has 0 aliphatic heterocycles. The lowest BCUT2D eigenvalue weighted by molar-refractivity contribution is -0.130. The van der Waals surface area contributed by atoms with Crippen molar-refractivity contribution in [2.45, 2.75) is 81.3 Å². The van der Waals surface area contributed by atoms with Gasteiger partial charge in [0.15, 0.2) is 5.82 Å². The zero-order chi connectivity index (χ0) is 24.2. The molecular weight excluding hydrogens is 491 g/mol. The summed E-state index contributed by atoms with van der Waals surface area (Å²) in [5.41, 5.74) is 7.22. The van der Waals surface area contributed by atoms with Gasteiger partial charge in [0, 0.05) is 22.5 Å². The minimum atomic E-state index is -0.466. The Morgan fingerprint density at radius 2 is 1.74 bits per heavy atom. The molecule has 0 radical (unpaired) electrons. The van der Waals surface area contributed by atoms with Crippen LogP contribution in [0.1, 0.15) is 80.3 Å². The van der Waals surface area contributed by atoms with E-state index in [-0.39, 0.29) is 17.4 Å². The Hall–Kier alpha value is -2.42. The van der Waals surface area contributed by atoms with Crippen LogP contribution in [-0.2, 0) is 28.0 Å². The van der Waals surface area contributed by atoms with Gasteiger partial charge in [0.05, 0.1) is 28.7 Å².